The first-order chi connectivity index (χ1) is 10.2. The number of nitrogens with zero attached hydrogens (tertiary/aromatic N) is 1. The van der Waals surface area contributed by atoms with Crippen LogP contribution in [0.1, 0.15) is 30.9 Å². The molecule has 0 radical (unpaired) electrons. The van der Waals surface area contributed by atoms with Gasteiger partial charge >= 0.3 is 5.97 Å². The Morgan fingerprint density at radius 3 is 2.86 bits per heavy atom. The second-order valence-corrected chi connectivity index (χ2v) is 6.01. The highest BCUT2D eigenvalue weighted by molar-refractivity contribution is 5.86. The lowest BCUT2D eigenvalue weighted by atomic mass is 10.1. The molecule has 0 spiro atoms. The number of para-hydroxylation sites is 1. The summed E-state index contributed by atoms with van der Waals surface area (Å²) in [5.74, 6) is -0.0505. The van der Waals surface area contributed by atoms with Gasteiger partial charge in [0, 0.05) is 30.2 Å². The van der Waals surface area contributed by atoms with Crippen LogP contribution in [0, 0.1) is 5.92 Å². The SMILES string of the molecule is CCc1cccc2c(CN(CC(=O)O)CC3CC3)c[nH]c12. The first-order valence-corrected chi connectivity index (χ1v) is 7.69. The standard InChI is InChI=1S/C17H22N2O2/c1-2-13-4-3-5-15-14(8-18-17(13)15)10-19(11-16(20)21)9-12-6-7-12/h3-5,8,12,18H,2,6-7,9-11H2,1H3,(H,20,21). The summed E-state index contributed by atoms with van der Waals surface area (Å²) in [5.41, 5.74) is 3.70. The maximum atomic E-state index is 11.1. The van der Waals surface area contributed by atoms with Crippen molar-refractivity contribution in [2.24, 2.45) is 5.92 Å². The average molecular weight is 286 g/mol. The molecule has 0 unspecified atom stereocenters. The Morgan fingerprint density at radius 1 is 1.38 bits per heavy atom. The fourth-order valence-corrected chi connectivity index (χ4v) is 2.98. The zero-order valence-electron chi connectivity index (χ0n) is 12.4. The molecule has 1 aliphatic carbocycles. The number of H-pyrrole nitrogens is 1. The molecule has 1 heterocycles. The van der Waals surface area contributed by atoms with Crippen LogP contribution in [0.15, 0.2) is 24.4 Å². The van der Waals surface area contributed by atoms with E-state index >= 15 is 0 Å². The monoisotopic (exact) mass is 286 g/mol. The van der Waals surface area contributed by atoms with Crippen molar-refractivity contribution in [1.82, 2.24) is 9.88 Å². The Labute approximate surface area is 124 Å². The molecule has 1 aromatic heterocycles. The van der Waals surface area contributed by atoms with E-state index in [9.17, 15) is 4.79 Å². The van der Waals surface area contributed by atoms with Crippen LogP contribution in [0.2, 0.25) is 0 Å². The molecule has 1 saturated carbocycles. The molecule has 0 amide bonds. The van der Waals surface area contributed by atoms with E-state index in [-0.39, 0.29) is 6.54 Å². The van der Waals surface area contributed by atoms with Gasteiger partial charge in [-0.2, -0.15) is 0 Å². The lowest BCUT2D eigenvalue weighted by Gasteiger charge is -2.19. The van der Waals surface area contributed by atoms with Gasteiger partial charge in [0.1, 0.15) is 0 Å². The molecule has 0 bridgehead atoms. The van der Waals surface area contributed by atoms with Gasteiger partial charge < -0.3 is 10.1 Å². The van der Waals surface area contributed by atoms with Crippen molar-refractivity contribution in [1.29, 1.82) is 0 Å². The van der Waals surface area contributed by atoms with Crippen LogP contribution >= 0.6 is 0 Å². The van der Waals surface area contributed by atoms with Gasteiger partial charge in [0.2, 0.25) is 0 Å². The number of hydrogen-bond acceptors (Lipinski definition) is 2. The second-order valence-electron chi connectivity index (χ2n) is 6.01. The fourth-order valence-electron chi connectivity index (χ4n) is 2.98. The van der Waals surface area contributed by atoms with Gasteiger partial charge in [-0.1, -0.05) is 25.1 Å². The predicted molar refractivity (Wildman–Crippen MR) is 83.3 cm³/mol. The van der Waals surface area contributed by atoms with Gasteiger partial charge in [-0.3, -0.25) is 9.69 Å². The Kier molecular flexibility index (Phi) is 3.97. The molecule has 112 valence electrons. The third-order valence-electron chi connectivity index (χ3n) is 4.23. The minimum atomic E-state index is -0.746. The summed E-state index contributed by atoms with van der Waals surface area (Å²) in [5, 5.41) is 10.3. The van der Waals surface area contributed by atoms with Gasteiger partial charge in [0.15, 0.2) is 0 Å². The van der Waals surface area contributed by atoms with Crippen molar-refractivity contribution >= 4 is 16.9 Å². The van der Waals surface area contributed by atoms with Crippen LogP contribution < -0.4 is 0 Å². The highest BCUT2D eigenvalue weighted by atomic mass is 16.4. The van der Waals surface area contributed by atoms with Crippen LogP contribution in [0.4, 0.5) is 0 Å². The first-order valence-electron chi connectivity index (χ1n) is 7.69. The number of nitrogens with one attached hydrogen (secondary N) is 1. The largest absolute Gasteiger partial charge is 0.480 e. The van der Waals surface area contributed by atoms with Gasteiger partial charge in [0.05, 0.1) is 6.54 Å². The van der Waals surface area contributed by atoms with Crippen LogP contribution in [0.5, 0.6) is 0 Å². The minimum Gasteiger partial charge on any atom is -0.480 e. The van der Waals surface area contributed by atoms with Gasteiger partial charge in [-0.05, 0) is 36.3 Å². The molecule has 1 fully saturated rings. The van der Waals surface area contributed by atoms with Crippen molar-refractivity contribution in [2.45, 2.75) is 32.7 Å². The Morgan fingerprint density at radius 2 is 2.19 bits per heavy atom. The molecule has 4 nitrogen and oxygen atoms in total. The van der Waals surface area contributed by atoms with Gasteiger partial charge in [-0.15, -0.1) is 0 Å². The predicted octanol–water partition coefficient (Wildman–Crippen LogP) is 3.03. The maximum absolute atomic E-state index is 11.1. The third kappa shape index (κ3) is 3.27. The lowest BCUT2D eigenvalue weighted by molar-refractivity contribution is -0.138. The van der Waals surface area contributed by atoms with E-state index in [1.165, 1.54) is 34.9 Å². The van der Waals surface area contributed by atoms with E-state index in [0.29, 0.717) is 12.5 Å². The highest BCUT2D eigenvalue weighted by Crippen LogP contribution is 2.31. The molecule has 0 saturated heterocycles. The van der Waals surface area contributed by atoms with Crippen molar-refractivity contribution in [3.05, 3.63) is 35.5 Å². The summed E-state index contributed by atoms with van der Waals surface area (Å²) in [4.78, 5) is 16.5. The maximum Gasteiger partial charge on any atom is 0.317 e. The normalized spacial score (nSPS) is 15.0. The van der Waals surface area contributed by atoms with Crippen molar-refractivity contribution in [3.63, 3.8) is 0 Å². The molecule has 0 aliphatic heterocycles. The summed E-state index contributed by atoms with van der Waals surface area (Å²) < 4.78 is 0. The van der Waals surface area contributed by atoms with Crippen LogP contribution in [0.25, 0.3) is 10.9 Å². The second kappa shape index (κ2) is 5.90. The molecule has 2 aromatic rings. The number of aromatic nitrogens is 1. The number of benzene rings is 1. The van der Waals surface area contributed by atoms with E-state index in [1.807, 2.05) is 6.20 Å². The smallest absolute Gasteiger partial charge is 0.317 e. The molecule has 21 heavy (non-hydrogen) atoms. The van der Waals surface area contributed by atoms with Crippen molar-refractivity contribution in [3.8, 4) is 0 Å². The molecule has 1 aromatic carbocycles. The van der Waals surface area contributed by atoms with Crippen LogP contribution in [-0.2, 0) is 17.8 Å². The molecular weight excluding hydrogens is 264 g/mol. The van der Waals surface area contributed by atoms with Crippen LogP contribution in [0.3, 0.4) is 0 Å². The average Bonchev–Trinajstić information content (AvgIpc) is 3.17. The number of aryl methyl sites for hydroxylation is 1. The van der Waals surface area contributed by atoms with Crippen molar-refractivity contribution in [2.75, 3.05) is 13.1 Å². The lowest BCUT2D eigenvalue weighted by Crippen LogP contribution is -2.31. The Hall–Kier alpha value is -1.81. The van der Waals surface area contributed by atoms with Crippen LogP contribution in [-0.4, -0.2) is 34.0 Å². The summed E-state index contributed by atoms with van der Waals surface area (Å²) >= 11 is 0. The topological polar surface area (TPSA) is 56.3 Å². The molecule has 1 aliphatic rings. The quantitative estimate of drug-likeness (QED) is 0.822. The molecule has 0 atom stereocenters. The minimum absolute atomic E-state index is 0.122. The molecule has 3 rings (SSSR count). The first kappa shape index (κ1) is 14.1. The summed E-state index contributed by atoms with van der Waals surface area (Å²) in [7, 11) is 0. The van der Waals surface area contributed by atoms with Crippen molar-refractivity contribution < 1.29 is 9.90 Å². The highest BCUT2D eigenvalue weighted by Gasteiger charge is 2.25. The Balaban J connectivity index is 1.82. The number of fused-ring (bicyclic) bond motifs is 1. The zero-order chi connectivity index (χ0) is 14.8. The number of carbonyl (C=O) groups is 1. The number of hydrogen-bond donors (Lipinski definition) is 2. The molecular formula is C17H22N2O2. The van der Waals surface area contributed by atoms with E-state index in [0.717, 1.165) is 13.0 Å². The number of carboxylic acids is 1. The molecule has 2 N–H and O–H groups in total. The van der Waals surface area contributed by atoms with Gasteiger partial charge in [0.25, 0.3) is 0 Å². The Bertz CT molecular complexity index is 643. The zero-order valence-corrected chi connectivity index (χ0v) is 12.4. The summed E-state index contributed by atoms with van der Waals surface area (Å²) in [6.45, 7) is 3.87. The number of rotatable bonds is 7. The van der Waals surface area contributed by atoms with E-state index < -0.39 is 5.97 Å². The fraction of sp³-hybridized carbons (Fsp3) is 0.471. The summed E-state index contributed by atoms with van der Waals surface area (Å²) in [6, 6.07) is 6.35. The summed E-state index contributed by atoms with van der Waals surface area (Å²) in [6.07, 6.45) is 5.51. The van der Waals surface area contributed by atoms with E-state index in [1.54, 1.807) is 0 Å². The number of carboxylic acid groups (broad SMARTS) is 1. The van der Waals surface area contributed by atoms with E-state index in [4.69, 9.17) is 5.11 Å². The van der Waals surface area contributed by atoms with Gasteiger partial charge in [-0.25, -0.2) is 0 Å². The number of aromatic amines is 1. The number of aliphatic carboxylic acids is 1. The van der Waals surface area contributed by atoms with E-state index in [2.05, 4.69) is 35.0 Å². The molecule has 4 heteroatoms. The third-order valence-corrected chi connectivity index (χ3v) is 4.23.